The van der Waals surface area contributed by atoms with Crippen LogP contribution in [0.2, 0.25) is 5.02 Å². The van der Waals surface area contributed by atoms with E-state index in [4.69, 9.17) is 53.2 Å². The van der Waals surface area contributed by atoms with E-state index < -0.39 is 5.97 Å². The number of carboxylic acids is 1. The molecule has 15 rings (SSSR count). The number of halogens is 2. The molecule has 0 bridgehead atoms. The summed E-state index contributed by atoms with van der Waals surface area (Å²) in [6.45, 7) is 4.48. The monoisotopic (exact) mass is 1340 g/mol. The van der Waals surface area contributed by atoms with Crippen LogP contribution in [-0.2, 0) is 25.5 Å². The maximum Gasteiger partial charge on any atom is 0.308 e. The normalized spacial score (nSPS) is 19.2. The van der Waals surface area contributed by atoms with Crippen LogP contribution in [0.3, 0.4) is 0 Å². The van der Waals surface area contributed by atoms with Crippen LogP contribution in [0.1, 0.15) is 132 Å². The van der Waals surface area contributed by atoms with Crippen LogP contribution in [-0.4, -0.2) is 117 Å². The second-order valence-corrected chi connectivity index (χ2v) is 25.6. The lowest BCUT2D eigenvalue weighted by Gasteiger charge is -2.27. The molecule has 1 amide bonds. The number of nitrogen functional groups attached to an aromatic ring is 3. The van der Waals surface area contributed by atoms with E-state index in [-0.39, 0.29) is 35.5 Å². The summed E-state index contributed by atoms with van der Waals surface area (Å²) in [6.07, 6.45) is 15.4. The van der Waals surface area contributed by atoms with Crippen LogP contribution in [0.25, 0.3) is 83.4 Å². The summed E-state index contributed by atoms with van der Waals surface area (Å²) in [6, 6.07) is 22.1. The molecule has 0 saturated heterocycles. The highest BCUT2D eigenvalue weighted by Crippen LogP contribution is 2.44. The van der Waals surface area contributed by atoms with Crippen molar-refractivity contribution in [2.24, 2.45) is 17.8 Å². The predicted molar refractivity (Wildman–Crippen MR) is 359 cm³/mol. The highest BCUT2D eigenvalue weighted by molar-refractivity contribution is 9.10. The largest absolute Gasteiger partial charge is 0.495 e. The molecule has 12 aromatic rings. The fourth-order valence-electron chi connectivity index (χ4n) is 13.9. The van der Waals surface area contributed by atoms with E-state index in [0.717, 1.165) is 166 Å². The Bertz CT molecular complexity index is 4790. The van der Waals surface area contributed by atoms with Crippen LogP contribution in [0.15, 0.2) is 90.2 Å². The Hall–Kier alpha value is -9.69. The van der Waals surface area contributed by atoms with Gasteiger partial charge in [0.25, 0.3) is 0 Å². The number of imidazole rings is 3. The zero-order valence-electron chi connectivity index (χ0n) is 51.8. The van der Waals surface area contributed by atoms with Gasteiger partial charge in [-0.05, 0) is 131 Å². The number of aromatic nitrogens is 15. The van der Waals surface area contributed by atoms with Crippen molar-refractivity contribution in [2.45, 2.75) is 115 Å². The van der Waals surface area contributed by atoms with Gasteiger partial charge in [0.15, 0.2) is 17.5 Å². The molecular weight excluding hydrogens is 1270 g/mol. The lowest BCUT2D eigenvalue weighted by molar-refractivity contribution is -0.146. The second-order valence-electron chi connectivity index (χ2n) is 24.3. The smallest absolute Gasteiger partial charge is 0.308 e. The Balaban J connectivity index is 0.000000127. The minimum absolute atomic E-state index is 0.0350. The van der Waals surface area contributed by atoms with Gasteiger partial charge in [0.1, 0.15) is 75.8 Å². The molecule has 3 fully saturated rings. The van der Waals surface area contributed by atoms with Crippen LogP contribution in [0.5, 0.6) is 5.75 Å². The minimum Gasteiger partial charge on any atom is -0.495 e. The number of fused-ring (bicyclic) bond motifs is 6. The summed E-state index contributed by atoms with van der Waals surface area (Å²) in [7, 11) is 3.07. The number of aromatic amines is 3. The first-order valence-electron chi connectivity index (χ1n) is 31.4. The lowest BCUT2D eigenvalue weighted by Crippen LogP contribution is -2.29. The van der Waals surface area contributed by atoms with Crippen molar-refractivity contribution in [1.82, 2.24) is 79.0 Å². The highest BCUT2D eigenvalue weighted by atomic mass is 79.9. The lowest BCUT2D eigenvalue weighted by atomic mass is 9.81. The van der Waals surface area contributed by atoms with Crippen molar-refractivity contribution in [3.8, 4) is 39.9 Å². The van der Waals surface area contributed by atoms with Gasteiger partial charge in [-0.2, -0.15) is 15.3 Å². The summed E-state index contributed by atoms with van der Waals surface area (Å²) < 4.78 is 16.8. The van der Waals surface area contributed by atoms with Gasteiger partial charge in [-0.15, -0.1) is 0 Å². The minimum atomic E-state index is -0.726. The van der Waals surface area contributed by atoms with E-state index in [2.05, 4.69) is 97.6 Å². The van der Waals surface area contributed by atoms with E-state index in [1.165, 1.54) is 31.7 Å². The van der Waals surface area contributed by atoms with Gasteiger partial charge >= 0.3 is 11.9 Å². The van der Waals surface area contributed by atoms with Crippen molar-refractivity contribution < 1.29 is 29.0 Å². The van der Waals surface area contributed by atoms with E-state index in [1.807, 2.05) is 47.0 Å². The molecule has 0 unspecified atom stereocenters. The first kappa shape index (κ1) is 62.1. The molecule has 3 aliphatic carbocycles. The number of hydrogen-bond donors (Lipinski definition) is 8. The van der Waals surface area contributed by atoms with Gasteiger partial charge in [-0.1, -0.05) is 64.8 Å². The summed E-state index contributed by atoms with van der Waals surface area (Å²) >= 11 is 9.94. The Kier molecular flexibility index (Phi) is 17.5. The molecule has 25 nitrogen and oxygen atoms in total. The van der Waals surface area contributed by atoms with E-state index in [9.17, 15) is 19.5 Å². The number of nitrogens with one attached hydrogen (secondary N) is 4. The summed E-state index contributed by atoms with van der Waals surface area (Å²) in [5.74, 6) is 4.36. The van der Waals surface area contributed by atoms with Gasteiger partial charge in [0.05, 0.1) is 59.2 Å². The third-order valence-corrected chi connectivity index (χ3v) is 19.8. The fourth-order valence-corrected chi connectivity index (χ4v) is 14.6. The number of anilines is 3. The number of nitrogens with zero attached hydrogens (tertiary/aromatic N) is 12. The molecule has 0 radical (unpaired) electrons. The standard InChI is InChI=1S/C24H29N7O.C21H21BrN6O3.C21H21ClN6O2/c1-3-16-5-4-6-18-11-19(29-20(16)18)21-22-23(25)27-13-28-31(22)24(30-21)17-9-7-15(8-10-17)12-26-14(2)32;1-31-15-7-6-13(22)12-8-14(26-16(12)15)17-18-19(23)24-9-25-28(18)20(27-17)10-2-4-11(5-3-10)21(29)30;1-30-21(29)12-7-5-11(6-8-12)20-27-17(18-19(23)24-10-25-28(18)20)15-9-13-3-2-4-14(22)16(13)26-15/h4-6,11,13,15,17,29H,3,7-10,12H2,1-2H3,(H,26,32)(H2,25,27,28);6-11,26H,2-5H2,1H3,(H,29,30)(H2,23,24,25);2-4,9-12,26H,5-8H2,1H3,(H2,23,24,25). The molecule has 93 heavy (non-hydrogen) atoms. The average molecular weight is 1340 g/mol. The molecule has 0 atom stereocenters. The van der Waals surface area contributed by atoms with Gasteiger partial charge in [0, 0.05) is 57.4 Å². The molecule has 9 aromatic heterocycles. The zero-order valence-corrected chi connectivity index (χ0v) is 54.1. The highest BCUT2D eigenvalue weighted by Gasteiger charge is 2.34. The number of H-pyrrole nitrogens is 3. The van der Waals surface area contributed by atoms with E-state index >= 15 is 0 Å². The number of nitrogens with two attached hydrogens (primary N) is 3. The molecule has 0 spiro atoms. The summed E-state index contributed by atoms with van der Waals surface area (Å²) in [5, 5.41) is 29.4. The first-order chi connectivity index (χ1) is 45.1. The molecule has 3 aliphatic rings. The number of hydrogen-bond acceptors (Lipinski definition) is 17. The van der Waals surface area contributed by atoms with E-state index in [0.29, 0.717) is 69.6 Å². The predicted octanol–water partition coefficient (Wildman–Crippen LogP) is 11.8. The van der Waals surface area contributed by atoms with Crippen molar-refractivity contribution in [3.05, 3.63) is 118 Å². The van der Waals surface area contributed by atoms with Gasteiger partial charge < -0.3 is 52.0 Å². The van der Waals surface area contributed by atoms with Crippen molar-refractivity contribution in [3.63, 3.8) is 0 Å². The van der Waals surface area contributed by atoms with Crippen LogP contribution in [0, 0.1) is 17.8 Å². The quantitative estimate of drug-likeness (QED) is 0.0527. The number of aliphatic carboxylic acids is 1. The van der Waals surface area contributed by atoms with Crippen LogP contribution in [0.4, 0.5) is 17.5 Å². The molecule has 27 heteroatoms. The number of rotatable bonds is 12. The van der Waals surface area contributed by atoms with Crippen LogP contribution >= 0.6 is 27.5 Å². The van der Waals surface area contributed by atoms with Crippen molar-refractivity contribution in [1.29, 1.82) is 0 Å². The first-order valence-corrected chi connectivity index (χ1v) is 32.5. The molecule has 3 aromatic carbocycles. The molecule has 0 aliphatic heterocycles. The molecular formula is C66H71BrClN19O6. The SMILES string of the molecule is CCc1cccc2cc(-c3nc(C4CCC(CNC(C)=O)CC4)n4ncnc(N)c34)[nH]c12.COC(=O)C1CCC(c2nc(-c3cc4cccc(Cl)c4[nH]3)c3c(N)ncnn23)CC1.COc1ccc(Br)c2cc(-c3nc(C4CCC(C(=O)O)CC4)n4ncnc(N)c34)[nH]c12. The number of para-hydroxylation sites is 2. The third-order valence-electron chi connectivity index (χ3n) is 18.8. The Morgan fingerprint density at radius 3 is 1.56 bits per heavy atom. The summed E-state index contributed by atoms with van der Waals surface area (Å²) in [4.78, 5) is 72.3. The number of carboxylic acid groups (broad SMARTS) is 1. The topological polar surface area (TPSA) is 357 Å². The van der Waals surface area contributed by atoms with Crippen molar-refractivity contribution >= 4 is 112 Å². The Labute approximate surface area is 546 Å². The van der Waals surface area contributed by atoms with Gasteiger partial charge in [0.2, 0.25) is 5.91 Å². The molecule has 3 saturated carbocycles. The van der Waals surface area contributed by atoms with Gasteiger partial charge in [-0.3, -0.25) is 14.4 Å². The number of methoxy groups -OCH3 is 2. The number of carbonyl (C=O) groups is 3. The van der Waals surface area contributed by atoms with Crippen LogP contribution < -0.4 is 27.3 Å². The molecule has 9 heterocycles. The summed E-state index contributed by atoms with van der Waals surface area (Å²) in [5.41, 5.74) is 29.7. The number of benzene rings is 3. The number of carbonyl (C=O) groups excluding carboxylic acids is 2. The van der Waals surface area contributed by atoms with Crippen molar-refractivity contribution in [2.75, 3.05) is 38.0 Å². The second kappa shape index (κ2) is 26.1. The Morgan fingerprint density at radius 1 is 0.624 bits per heavy atom. The average Bonchev–Trinajstić information content (AvgIpc) is 1.62. The zero-order chi connectivity index (χ0) is 64.8. The Morgan fingerprint density at radius 2 is 1.09 bits per heavy atom. The van der Waals surface area contributed by atoms with E-state index in [1.54, 1.807) is 23.1 Å². The molecule has 11 N–H and O–H groups in total. The van der Waals surface area contributed by atoms with Gasteiger partial charge in [-0.25, -0.2) is 43.5 Å². The maximum atomic E-state index is 11.9. The number of aryl methyl sites for hydroxylation is 1. The number of ether oxygens (including phenoxy) is 2. The molecule has 480 valence electrons. The fraction of sp³-hybridized carbons (Fsp3) is 0.364. The third kappa shape index (κ3) is 12.0. The number of esters is 1. The number of amides is 1. The maximum absolute atomic E-state index is 11.9.